The third kappa shape index (κ3) is 22.6. The van der Waals surface area contributed by atoms with Crippen molar-refractivity contribution in [3.05, 3.63) is 0 Å². The molecule has 0 fully saturated rings. The van der Waals surface area contributed by atoms with Crippen molar-refractivity contribution >= 4 is 141 Å². The molecule has 0 aromatic rings. The average molecular weight is 517 g/mol. The zero-order valence-corrected chi connectivity index (χ0v) is 21.1. The molecule has 0 radical (unpaired) electrons. The summed E-state index contributed by atoms with van der Waals surface area (Å²) in [7, 11) is 20.7. The van der Waals surface area contributed by atoms with Crippen molar-refractivity contribution in [3.63, 3.8) is 0 Å². The SMILES string of the molecule is SSCCSSCSSCCSSCSSSCSS. The van der Waals surface area contributed by atoms with E-state index in [-0.39, 0.29) is 0 Å². The van der Waals surface area contributed by atoms with Crippen molar-refractivity contribution in [2.24, 2.45) is 0 Å². The van der Waals surface area contributed by atoms with Gasteiger partial charge in [-0.2, -0.15) is 0 Å². The third-order valence-corrected chi connectivity index (χ3v) is 17.3. The topological polar surface area (TPSA) is 0 Å². The Morgan fingerprint density at radius 1 is 0.450 bits per heavy atom. The fourth-order valence-corrected chi connectivity index (χ4v) is 17.1. The van der Waals surface area contributed by atoms with Gasteiger partial charge in [-0.1, -0.05) is 108 Å². The van der Waals surface area contributed by atoms with Gasteiger partial charge in [0.2, 0.25) is 0 Å². The van der Waals surface area contributed by atoms with E-state index >= 15 is 0 Å². The standard InChI is InChI=1S/C7H16S13/c8-10-1-2-12-15-6-16-13-3-4-14-17-7-19-20-18-5-11-9/h8-9H,1-7H2. The molecule has 0 amide bonds. The normalized spacial score (nSPS) is 11.1. The summed E-state index contributed by atoms with van der Waals surface area (Å²) in [5.74, 6) is 4.80. The maximum absolute atomic E-state index is 4.12. The predicted octanol–water partition coefficient (Wildman–Crippen LogP) is 8.19. The van der Waals surface area contributed by atoms with Crippen molar-refractivity contribution in [3.8, 4) is 0 Å². The average Bonchev–Trinajstić information content (AvgIpc) is 2.47. The van der Waals surface area contributed by atoms with Crippen molar-refractivity contribution in [1.82, 2.24) is 0 Å². The van der Waals surface area contributed by atoms with E-state index in [0.717, 1.165) is 15.9 Å². The van der Waals surface area contributed by atoms with E-state index in [9.17, 15) is 0 Å². The van der Waals surface area contributed by atoms with E-state index in [1.54, 1.807) is 21.6 Å². The van der Waals surface area contributed by atoms with Crippen molar-refractivity contribution < 1.29 is 0 Å². The van der Waals surface area contributed by atoms with Gasteiger partial charge in [0.25, 0.3) is 0 Å². The van der Waals surface area contributed by atoms with Gasteiger partial charge in [-0.3, -0.25) is 0 Å². The molecule has 0 N–H and O–H groups in total. The molecule has 0 saturated heterocycles. The molecule has 0 aromatic carbocycles. The maximum Gasteiger partial charge on any atom is 0.0608 e. The molecule has 0 rings (SSSR count). The second-order valence-electron chi connectivity index (χ2n) is 2.44. The Kier molecular flexibility index (Phi) is 28.9. The first kappa shape index (κ1) is 24.6. The lowest BCUT2D eigenvalue weighted by Gasteiger charge is -2.01. The van der Waals surface area contributed by atoms with E-state index in [2.05, 4.69) is 23.3 Å². The summed E-state index contributed by atoms with van der Waals surface area (Å²) in [6.45, 7) is 0. The lowest BCUT2D eigenvalue weighted by Crippen LogP contribution is -1.79. The zero-order chi connectivity index (χ0) is 14.7. The Balaban J connectivity index is 2.89. The lowest BCUT2D eigenvalue weighted by molar-refractivity contribution is 1.58. The number of rotatable bonds is 17. The first-order chi connectivity index (χ1) is 9.91. The minimum absolute atomic E-state index is 1.05. The molecule has 13 heteroatoms. The van der Waals surface area contributed by atoms with Gasteiger partial charge < -0.3 is 0 Å². The Hall–Kier alpha value is 4.55. The van der Waals surface area contributed by atoms with Crippen LogP contribution in [0.1, 0.15) is 0 Å². The molecule has 0 saturated carbocycles. The lowest BCUT2D eigenvalue weighted by atomic mass is 11.0. The molecule has 0 bridgehead atoms. The van der Waals surface area contributed by atoms with Crippen LogP contribution in [0.3, 0.4) is 0 Å². The van der Waals surface area contributed by atoms with Crippen LogP contribution in [0.15, 0.2) is 0 Å². The monoisotopic (exact) mass is 516 g/mol. The fraction of sp³-hybridized carbons (Fsp3) is 1.00. The van der Waals surface area contributed by atoms with Crippen LogP contribution in [-0.2, 0) is 0 Å². The summed E-state index contributed by atoms with van der Waals surface area (Å²) in [4.78, 5) is 0. The number of hydrogen-bond acceptors (Lipinski definition) is 13. The molecule has 0 aliphatic heterocycles. The minimum Gasteiger partial charge on any atom is -0.111 e. The quantitative estimate of drug-likeness (QED) is 0.0831. The highest BCUT2D eigenvalue weighted by molar-refractivity contribution is 9.11. The molecule has 0 aromatic heterocycles. The molecule has 122 valence electrons. The summed E-state index contributed by atoms with van der Waals surface area (Å²) < 4.78 is 0. The second-order valence-corrected chi connectivity index (χ2v) is 18.3. The maximum atomic E-state index is 4.12. The minimum atomic E-state index is 1.05. The highest BCUT2D eigenvalue weighted by atomic mass is 33.5. The summed E-state index contributed by atoms with van der Waals surface area (Å²) in [5.41, 5.74) is 0. The summed E-state index contributed by atoms with van der Waals surface area (Å²) in [6.07, 6.45) is 0. The van der Waals surface area contributed by atoms with Gasteiger partial charge >= 0.3 is 0 Å². The molecular formula is C7H16S13. The molecule has 0 nitrogen and oxygen atoms in total. The Morgan fingerprint density at radius 2 is 0.950 bits per heavy atom. The van der Waals surface area contributed by atoms with Crippen molar-refractivity contribution in [2.45, 2.75) is 0 Å². The van der Waals surface area contributed by atoms with Gasteiger partial charge in [0.05, 0.1) is 15.3 Å². The van der Waals surface area contributed by atoms with Crippen LogP contribution in [0.4, 0.5) is 0 Å². The van der Waals surface area contributed by atoms with Crippen LogP contribution in [0, 0.1) is 0 Å². The zero-order valence-electron chi connectivity index (χ0n) is 10.3. The van der Waals surface area contributed by atoms with Crippen molar-refractivity contribution in [1.29, 1.82) is 0 Å². The predicted molar refractivity (Wildman–Crippen MR) is 136 cm³/mol. The van der Waals surface area contributed by atoms with Crippen LogP contribution in [-0.4, -0.2) is 38.3 Å². The summed E-state index contributed by atoms with van der Waals surface area (Å²) in [5, 5.41) is 3.39. The largest absolute Gasteiger partial charge is 0.111 e. The smallest absolute Gasteiger partial charge is 0.0608 e. The van der Waals surface area contributed by atoms with Crippen LogP contribution in [0.5, 0.6) is 0 Å². The summed E-state index contributed by atoms with van der Waals surface area (Å²) in [6, 6.07) is 0. The third-order valence-electron chi connectivity index (χ3n) is 1.15. The summed E-state index contributed by atoms with van der Waals surface area (Å²) >= 11 is 8.22. The highest BCUT2D eigenvalue weighted by Gasteiger charge is 1.96. The molecular weight excluding hydrogens is 501 g/mol. The van der Waals surface area contributed by atoms with E-state index in [1.807, 2.05) is 96.2 Å². The Labute approximate surface area is 176 Å². The Bertz CT molecular complexity index is 151. The van der Waals surface area contributed by atoms with E-state index in [4.69, 9.17) is 0 Å². The molecule has 0 aliphatic carbocycles. The number of hydrogen-bond donors (Lipinski definition) is 2. The molecule has 0 heterocycles. The second kappa shape index (κ2) is 23.5. The van der Waals surface area contributed by atoms with E-state index < -0.39 is 0 Å². The van der Waals surface area contributed by atoms with Gasteiger partial charge in [-0.15, -0.1) is 23.3 Å². The van der Waals surface area contributed by atoms with Gasteiger partial charge in [-0.25, -0.2) is 0 Å². The van der Waals surface area contributed by atoms with Gasteiger partial charge in [0.1, 0.15) is 0 Å². The highest BCUT2D eigenvalue weighted by Crippen LogP contribution is 2.41. The Morgan fingerprint density at radius 3 is 1.50 bits per heavy atom. The van der Waals surface area contributed by atoms with Gasteiger partial charge in [-0.05, 0) is 9.83 Å². The van der Waals surface area contributed by atoms with Crippen molar-refractivity contribution in [2.75, 3.05) is 38.3 Å². The van der Waals surface area contributed by atoms with Crippen LogP contribution >= 0.6 is 141 Å². The molecule has 0 aliphatic rings. The first-order valence-electron chi connectivity index (χ1n) is 5.09. The van der Waals surface area contributed by atoms with Gasteiger partial charge in [0.15, 0.2) is 0 Å². The molecule has 20 heavy (non-hydrogen) atoms. The van der Waals surface area contributed by atoms with Crippen LogP contribution < -0.4 is 0 Å². The van der Waals surface area contributed by atoms with E-state index in [1.165, 1.54) is 22.3 Å². The van der Waals surface area contributed by atoms with Crippen LogP contribution in [0.2, 0.25) is 0 Å². The van der Waals surface area contributed by atoms with Gasteiger partial charge in [0, 0.05) is 23.0 Å². The molecule has 0 atom stereocenters. The first-order valence-corrected chi connectivity index (χ1v) is 20.4. The fourth-order valence-electron chi connectivity index (χ4n) is 0.552. The van der Waals surface area contributed by atoms with Crippen LogP contribution in [0.25, 0.3) is 0 Å². The number of thiol groups is 2. The molecule has 0 unspecified atom stereocenters. The molecule has 0 spiro atoms. The van der Waals surface area contributed by atoms with E-state index in [0.29, 0.717) is 0 Å².